The number of benzene rings is 2. The number of anilines is 2. The van der Waals surface area contributed by atoms with Crippen LogP contribution in [-0.4, -0.2) is 24.0 Å². The van der Waals surface area contributed by atoms with Gasteiger partial charge in [0.2, 0.25) is 5.91 Å². The minimum Gasteiger partial charge on any atom is -0.492 e. The number of carbonyl (C=O) groups is 1. The Balaban J connectivity index is 1.86. The minimum atomic E-state index is -0.430. The summed E-state index contributed by atoms with van der Waals surface area (Å²) in [5, 5.41) is 16.5. The highest BCUT2D eigenvalue weighted by Gasteiger charge is 2.11. The molecule has 2 aromatic carbocycles. The van der Waals surface area contributed by atoms with Crippen LogP contribution in [0.1, 0.15) is 6.92 Å². The van der Waals surface area contributed by atoms with Gasteiger partial charge in [-0.15, -0.1) is 0 Å². The van der Waals surface area contributed by atoms with Crippen molar-refractivity contribution >= 4 is 23.0 Å². The molecule has 2 N–H and O–H groups in total. The van der Waals surface area contributed by atoms with E-state index in [9.17, 15) is 14.9 Å². The van der Waals surface area contributed by atoms with Crippen molar-refractivity contribution in [2.45, 2.75) is 6.92 Å². The van der Waals surface area contributed by atoms with Crippen molar-refractivity contribution in [3.63, 3.8) is 0 Å². The number of hydrogen-bond acceptors (Lipinski definition) is 5. The Kier molecular flexibility index (Phi) is 5.51. The van der Waals surface area contributed by atoms with E-state index in [0.717, 1.165) is 0 Å². The molecular weight excluding hydrogens is 298 g/mol. The lowest BCUT2D eigenvalue weighted by Crippen LogP contribution is -2.12. The quantitative estimate of drug-likeness (QED) is 0.465. The van der Waals surface area contributed by atoms with Crippen molar-refractivity contribution in [1.82, 2.24) is 0 Å². The van der Waals surface area contributed by atoms with Gasteiger partial charge in [-0.05, 0) is 18.2 Å². The summed E-state index contributed by atoms with van der Waals surface area (Å²) in [6, 6.07) is 13.5. The third-order valence-electron chi connectivity index (χ3n) is 2.94. The lowest BCUT2D eigenvalue weighted by molar-refractivity contribution is -0.384. The lowest BCUT2D eigenvalue weighted by atomic mass is 10.2. The molecule has 2 aromatic rings. The number of nitrogens with zero attached hydrogens (tertiary/aromatic N) is 1. The van der Waals surface area contributed by atoms with Gasteiger partial charge in [0.1, 0.15) is 18.0 Å². The van der Waals surface area contributed by atoms with Crippen molar-refractivity contribution in [3.05, 3.63) is 58.6 Å². The van der Waals surface area contributed by atoms with E-state index in [2.05, 4.69) is 10.6 Å². The van der Waals surface area contributed by atoms with Crippen LogP contribution in [0.3, 0.4) is 0 Å². The van der Waals surface area contributed by atoms with Crippen LogP contribution in [0, 0.1) is 10.1 Å². The van der Waals surface area contributed by atoms with Crippen molar-refractivity contribution < 1.29 is 14.5 Å². The average molecular weight is 315 g/mol. The molecule has 1 amide bonds. The molecule has 0 atom stereocenters. The van der Waals surface area contributed by atoms with Crippen molar-refractivity contribution in [1.29, 1.82) is 0 Å². The van der Waals surface area contributed by atoms with Crippen LogP contribution in [0.5, 0.6) is 5.75 Å². The predicted octanol–water partition coefficient (Wildman–Crippen LogP) is 3.04. The Morgan fingerprint density at radius 1 is 1.22 bits per heavy atom. The van der Waals surface area contributed by atoms with E-state index >= 15 is 0 Å². The summed E-state index contributed by atoms with van der Waals surface area (Å²) in [5.41, 5.74) is 1.13. The van der Waals surface area contributed by atoms with Gasteiger partial charge >= 0.3 is 0 Å². The first-order valence-corrected chi connectivity index (χ1v) is 7.04. The first-order chi connectivity index (χ1) is 11.1. The number of carbonyl (C=O) groups excluding carboxylic acids is 1. The molecule has 0 aromatic heterocycles. The third-order valence-corrected chi connectivity index (χ3v) is 2.94. The molecule has 7 heteroatoms. The fraction of sp³-hybridized carbons (Fsp3) is 0.188. The van der Waals surface area contributed by atoms with Gasteiger partial charge in [-0.2, -0.15) is 0 Å². The molecule has 0 aliphatic carbocycles. The number of ether oxygens (including phenoxy) is 1. The Hall–Kier alpha value is -3.09. The maximum atomic E-state index is 11.0. The van der Waals surface area contributed by atoms with E-state index in [1.807, 2.05) is 0 Å². The summed E-state index contributed by atoms with van der Waals surface area (Å²) in [4.78, 5) is 21.5. The number of nitro benzene ring substituents is 1. The van der Waals surface area contributed by atoms with Crippen LogP contribution in [0.25, 0.3) is 0 Å². The second-order valence-electron chi connectivity index (χ2n) is 4.76. The smallest absolute Gasteiger partial charge is 0.292 e. The molecule has 0 saturated carbocycles. The van der Waals surface area contributed by atoms with E-state index in [-0.39, 0.29) is 11.6 Å². The fourth-order valence-corrected chi connectivity index (χ4v) is 2.00. The largest absolute Gasteiger partial charge is 0.492 e. The second-order valence-corrected chi connectivity index (χ2v) is 4.76. The number of para-hydroxylation sites is 2. The van der Waals surface area contributed by atoms with Crippen molar-refractivity contribution in [2.24, 2.45) is 0 Å². The molecule has 120 valence electrons. The van der Waals surface area contributed by atoms with E-state index < -0.39 is 4.92 Å². The number of hydrogen-bond donors (Lipinski definition) is 2. The first-order valence-electron chi connectivity index (χ1n) is 7.04. The van der Waals surface area contributed by atoms with E-state index in [1.165, 1.54) is 13.0 Å². The standard InChI is InChI=1S/C16H17N3O4/c1-12(20)18-13-5-4-6-14(11-13)23-10-9-17-15-7-2-3-8-16(15)19(21)22/h2-8,11,17H,9-10H2,1H3,(H,18,20). The van der Waals surface area contributed by atoms with Crippen LogP contribution in [-0.2, 0) is 4.79 Å². The van der Waals surface area contributed by atoms with Crippen LogP contribution < -0.4 is 15.4 Å². The molecule has 0 bridgehead atoms. The summed E-state index contributed by atoms with van der Waals surface area (Å²) >= 11 is 0. The maximum Gasteiger partial charge on any atom is 0.292 e. The Morgan fingerprint density at radius 3 is 2.74 bits per heavy atom. The summed E-state index contributed by atoms with van der Waals surface area (Å²) in [6.07, 6.45) is 0. The molecule has 0 radical (unpaired) electrons. The number of nitro groups is 1. The van der Waals surface area contributed by atoms with Crippen LogP contribution >= 0.6 is 0 Å². The molecule has 2 rings (SSSR count). The van der Waals surface area contributed by atoms with Gasteiger partial charge in [-0.3, -0.25) is 14.9 Å². The van der Waals surface area contributed by atoms with Crippen LogP contribution in [0.15, 0.2) is 48.5 Å². The highest BCUT2D eigenvalue weighted by atomic mass is 16.6. The van der Waals surface area contributed by atoms with E-state index in [4.69, 9.17) is 4.74 Å². The van der Waals surface area contributed by atoms with Crippen LogP contribution in [0.2, 0.25) is 0 Å². The van der Waals surface area contributed by atoms with Crippen LogP contribution in [0.4, 0.5) is 17.1 Å². The molecule has 7 nitrogen and oxygen atoms in total. The Bertz CT molecular complexity index is 703. The Labute approximate surface area is 133 Å². The zero-order valence-corrected chi connectivity index (χ0v) is 12.6. The Morgan fingerprint density at radius 2 is 2.00 bits per heavy atom. The summed E-state index contributed by atoms with van der Waals surface area (Å²) in [5.74, 6) is 0.459. The predicted molar refractivity (Wildman–Crippen MR) is 87.8 cm³/mol. The molecule has 23 heavy (non-hydrogen) atoms. The van der Waals surface area contributed by atoms with Gasteiger partial charge in [-0.25, -0.2) is 0 Å². The summed E-state index contributed by atoms with van der Waals surface area (Å²) in [6.45, 7) is 2.18. The van der Waals surface area contributed by atoms with Gasteiger partial charge < -0.3 is 15.4 Å². The average Bonchev–Trinajstić information content (AvgIpc) is 2.51. The molecule has 0 heterocycles. The molecule has 0 spiro atoms. The summed E-state index contributed by atoms with van der Waals surface area (Å²) < 4.78 is 5.57. The summed E-state index contributed by atoms with van der Waals surface area (Å²) in [7, 11) is 0. The zero-order valence-electron chi connectivity index (χ0n) is 12.6. The van der Waals surface area contributed by atoms with Gasteiger partial charge in [0.05, 0.1) is 4.92 Å². The maximum absolute atomic E-state index is 11.0. The number of nitrogens with one attached hydrogen (secondary N) is 2. The number of amides is 1. The molecule has 0 saturated heterocycles. The first kappa shape index (κ1) is 16.3. The highest BCUT2D eigenvalue weighted by molar-refractivity contribution is 5.88. The van der Waals surface area contributed by atoms with E-state index in [0.29, 0.717) is 30.3 Å². The normalized spacial score (nSPS) is 9.96. The third kappa shape index (κ3) is 4.99. The zero-order chi connectivity index (χ0) is 16.7. The lowest BCUT2D eigenvalue weighted by Gasteiger charge is -2.10. The van der Waals surface area contributed by atoms with Crippen molar-refractivity contribution in [3.8, 4) is 5.75 Å². The molecule has 0 aliphatic rings. The highest BCUT2D eigenvalue weighted by Crippen LogP contribution is 2.23. The minimum absolute atomic E-state index is 0.0279. The molecule has 0 aliphatic heterocycles. The second kappa shape index (κ2) is 7.79. The molecule has 0 fully saturated rings. The monoisotopic (exact) mass is 315 g/mol. The molecular formula is C16H17N3O4. The number of rotatable bonds is 7. The molecule has 0 unspecified atom stereocenters. The fourth-order valence-electron chi connectivity index (χ4n) is 2.00. The topological polar surface area (TPSA) is 93.5 Å². The SMILES string of the molecule is CC(=O)Nc1cccc(OCCNc2ccccc2[N+](=O)[O-])c1. The van der Waals surface area contributed by atoms with Crippen molar-refractivity contribution in [2.75, 3.05) is 23.8 Å². The van der Waals surface area contributed by atoms with E-state index in [1.54, 1.807) is 42.5 Å². The van der Waals surface area contributed by atoms with Gasteiger partial charge in [0.15, 0.2) is 0 Å². The van der Waals surface area contributed by atoms with Gasteiger partial charge in [0, 0.05) is 31.3 Å². The van der Waals surface area contributed by atoms with Gasteiger partial charge in [-0.1, -0.05) is 18.2 Å². The van der Waals surface area contributed by atoms with Gasteiger partial charge in [0.25, 0.3) is 5.69 Å².